The van der Waals surface area contributed by atoms with Gasteiger partial charge in [-0.3, -0.25) is 4.79 Å². The zero-order valence-corrected chi connectivity index (χ0v) is 8.48. The highest BCUT2D eigenvalue weighted by Crippen LogP contribution is 2.00. The van der Waals surface area contributed by atoms with Crippen LogP contribution in [-0.4, -0.2) is 41.7 Å². The monoisotopic (exact) mass is 206 g/mol. The van der Waals surface area contributed by atoms with E-state index in [4.69, 9.17) is 5.11 Å². The van der Waals surface area contributed by atoms with Crippen molar-refractivity contribution in [2.24, 2.45) is 0 Å². The van der Waals surface area contributed by atoms with Crippen LogP contribution in [0.3, 0.4) is 0 Å². The summed E-state index contributed by atoms with van der Waals surface area (Å²) in [5.74, 6) is -0.282. The molecule has 0 aromatic rings. The average Bonchev–Trinajstić information content (AvgIpc) is 2.02. The predicted octanol–water partition coefficient (Wildman–Crippen LogP) is -0.514. The van der Waals surface area contributed by atoms with E-state index in [1.165, 1.54) is 18.7 Å². The Morgan fingerprint density at radius 2 is 2.15 bits per heavy atom. The van der Waals surface area contributed by atoms with Gasteiger partial charge in [0.2, 0.25) is 5.91 Å². The van der Waals surface area contributed by atoms with E-state index >= 15 is 0 Å². The van der Waals surface area contributed by atoms with E-state index in [-0.39, 0.29) is 5.91 Å². The Bertz CT molecular complexity index is 187. The molecule has 76 valence electrons. The molecule has 6 heteroatoms. The summed E-state index contributed by atoms with van der Waals surface area (Å²) >= 11 is 1.42. The highest BCUT2D eigenvalue weighted by atomic mass is 32.2. The van der Waals surface area contributed by atoms with Crippen molar-refractivity contribution < 1.29 is 14.7 Å². The van der Waals surface area contributed by atoms with Crippen molar-refractivity contribution in [3.8, 4) is 0 Å². The standard InChI is InChI=1S/C7H14N2O3S/c1-5(10)9-6(7(11)12)3-13-4-8-2/h6,8H,3-4H2,1-2H3,(H,9,10)(H,11,12). The fourth-order valence-corrected chi connectivity index (χ4v) is 1.48. The largest absolute Gasteiger partial charge is 0.480 e. The second kappa shape index (κ2) is 6.73. The fourth-order valence-electron chi connectivity index (χ4n) is 0.699. The molecule has 0 heterocycles. The molecule has 0 radical (unpaired) electrons. The van der Waals surface area contributed by atoms with Crippen molar-refractivity contribution >= 4 is 23.6 Å². The molecule has 1 amide bonds. The molecule has 3 N–H and O–H groups in total. The summed E-state index contributed by atoms with van der Waals surface area (Å²) in [7, 11) is 1.78. The molecule has 0 aliphatic rings. The van der Waals surface area contributed by atoms with E-state index < -0.39 is 12.0 Å². The van der Waals surface area contributed by atoms with Gasteiger partial charge in [-0.25, -0.2) is 4.79 Å². The molecule has 0 saturated heterocycles. The number of aliphatic carboxylic acids is 1. The second-order valence-corrected chi connectivity index (χ2v) is 3.49. The molecule has 0 aliphatic carbocycles. The van der Waals surface area contributed by atoms with Crippen molar-refractivity contribution in [1.29, 1.82) is 0 Å². The zero-order valence-electron chi connectivity index (χ0n) is 7.66. The summed E-state index contributed by atoms with van der Waals surface area (Å²) in [5, 5.41) is 13.9. The van der Waals surface area contributed by atoms with Gasteiger partial charge in [-0.15, -0.1) is 11.8 Å². The molecule has 13 heavy (non-hydrogen) atoms. The van der Waals surface area contributed by atoms with E-state index in [1.54, 1.807) is 7.05 Å². The first-order valence-corrected chi connectivity index (χ1v) is 4.95. The normalized spacial score (nSPS) is 12.2. The second-order valence-electron chi connectivity index (χ2n) is 2.46. The number of carbonyl (C=O) groups excluding carboxylic acids is 1. The van der Waals surface area contributed by atoms with Crippen LogP contribution in [0.15, 0.2) is 0 Å². The van der Waals surface area contributed by atoms with Crippen LogP contribution in [0.2, 0.25) is 0 Å². The first kappa shape index (κ1) is 12.2. The van der Waals surface area contributed by atoms with Gasteiger partial charge in [-0.05, 0) is 7.05 Å². The average molecular weight is 206 g/mol. The summed E-state index contributed by atoms with van der Waals surface area (Å²) in [6.07, 6.45) is 0. The Morgan fingerprint density at radius 3 is 2.54 bits per heavy atom. The molecule has 0 bridgehead atoms. The number of nitrogens with one attached hydrogen (secondary N) is 2. The van der Waals surface area contributed by atoms with E-state index in [9.17, 15) is 9.59 Å². The number of amides is 1. The van der Waals surface area contributed by atoms with Crippen LogP contribution in [0, 0.1) is 0 Å². The van der Waals surface area contributed by atoms with Crippen molar-refractivity contribution in [3.05, 3.63) is 0 Å². The number of hydrogen-bond donors (Lipinski definition) is 3. The Morgan fingerprint density at radius 1 is 1.54 bits per heavy atom. The minimum absolute atomic E-state index is 0.322. The maximum atomic E-state index is 10.6. The molecular weight excluding hydrogens is 192 g/mol. The number of hydrogen-bond acceptors (Lipinski definition) is 4. The molecule has 5 nitrogen and oxygen atoms in total. The summed E-state index contributed by atoms with van der Waals surface area (Å²) in [6, 6.07) is -0.796. The van der Waals surface area contributed by atoms with Gasteiger partial charge in [0.25, 0.3) is 0 Å². The first-order valence-electron chi connectivity index (χ1n) is 3.80. The highest BCUT2D eigenvalue weighted by Gasteiger charge is 2.17. The number of carbonyl (C=O) groups is 2. The van der Waals surface area contributed by atoms with Crippen molar-refractivity contribution in [3.63, 3.8) is 0 Å². The number of thioether (sulfide) groups is 1. The Labute approximate surface area is 81.3 Å². The van der Waals surface area contributed by atoms with Crippen LogP contribution in [-0.2, 0) is 9.59 Å². The molecular formula is C7H14N2O3S. The molecule has 0 aliphatic heterocycles. The SMILES string of the molecule is CNCSCC(NC(C)=O)C(=O)O. The molecule has 1 atom stereocenters. The van der Waals surface area contributed by atoms with Gasteiger partial charge in [0, 0.05) is 18.6 Å². The lowest BCUT2D eigenvalue weighted by molar-refractivity contribution is -0.140. The lowest BCUT2D eigenvalue weighted by Gasteiger charge is -2.12. The van der Waals surface area contributed by atoms with Gasteiger partial charge in [-0.2, -0.15) is 0 Å². The molecule has 0 fully saturated rings. The van der Waals surface area contributed by atoms with Crippen molar-refractivity contribution in [1.82, 2.24) is 10.6 Å². The van der Waals surface area contributed by atoms with Gasteiger partial charge < -0.3 is 15.7 Å². The molecule has 0 saturated carbocycles. The molecule has 0 aromatic heterocycles. The van der Waals surface area contributed by atoms with Crippen molar-refractivity contribution in [2.45, 2.75) is 13.0 Å². The fraction of sp³-hybridized carbons (Fsp3) is 0.714. The van der Waals surface area contributed by atoms with Gasteiger partial charge in [0.1, 0.15) is 6.04 Å². The smallest absolute Gasteiger partial charge is 0.327 e. The lowest BCUT2D eigenvalue weighted by Crippen LogP contribution is -2.41. The van der Waals surface area contributed by atoms with E-state index in [2.05, 4.69) is 10.6 Å². The Hall–Kier alpha value is -0.750. The molecule has 1 unspecified atom stereocenters. The molecule has 0 aromatic carbocycles. The topological polar surface area (TPSA) is 78.4 Å². The minimum Gasteiger partial charge on any atom is -0.480 e. The summed E-state index contributed by atoms with van der Waals surface area (Å²) in [4.78, 5) is 21.2. The minimum atomic E-state index is -1.00. The van der Waals surface area contributed by atoms with E-state index in [0.29, 0.717) is 11.6 Å². The van der Waals surface area contributed by atoms with E-state index in [0.717, 1.165) is 0 Å². The Balaban J connectivity index is 3.81. The quantitative estimate of drug-likeness (QED) is 0.403. The van der Waals surface area contributed by atoms with E-state index in [1.807, 2.05) is 0 Å². The first-order chi connectivity index (χ1) is 6.07. The van der Waals surface area contributed by atoms with Crippen LogP contribution in [0.1, 0.15) is 6.92 Å². The van der Waals surface area contributed by atoms with Crippen LogP contribution in [0.5, 0.6) is 0 Å². The van der Waals surface area contributed by atoms with Crippen LogP contribution >= 0.6 is 11.8 Å². The summed E-state index contributed by atoms with van der Waals surface area (Å²) < 4.78 is 0. The summed E-state index contributed by atoms with van der Waals surface area (Å²) in [6.45, 7) is 1.30. The van der Waals surface area contributed by atoms with Gasteiger partial charge in [0.05, 0.1) is 0 Å². The van der Waals surface area contributed by atoms with Gasteiger partial charge in [-0.1, -0.05) is 0 Å². The van der Waals surface area contributed by atoms with Crippen LogP contribution in [0.4, 0.5) is 0 Å². The predicted molar refractivity (Wildman–Crippen MR) is 51.6 cm³/mol. The Kier molecular flexibility index (Phi) is 6.34. The lowest BCUT2D eigenvalue weighted by atomic mass is 10.3. The molecule has 0 spiro atoms. The van der Waals surface area contributed by atoms with Crippen LogP contribution < -0.4 is 10.6 Å². The maximum Gasteiger partial charge on any atom is 0.327 e. The third-order valence-corrected chi connectivity index (χ3v) is 2.27. The molecule has 0 rings (SSSR count). The van der Waals surface area contributed by atoms with Crippen LogP contribution in [0.25, 0.3) is 0 Å². The zero-order chi connectivity index (χ0) is 10.3. The number of carboxylic acid groups (broad SMARTS) is 1. The third-order valence-electron chi connectivity index (χ3n) is 1.21. The maximum absolute atomic E-state index is 10.6. The van der Waals surface area contributed by atoms with Gasteiger partial charge >= 0.3 is 5.97 Å². The third kappa shape index (κ3) is 6.41. The number of carboxylic acids is 1. The summed E-state index contributed by atoms with van der Waals surface area (Å²) in [5.41, 5.74) is 0. The highest BCUT2D eigenvalue weighted by molar-refractivity contribution is 7.99. The van der Waals surface area contributed by atoms with Gasteiger partial charge in [0.15, 0.2) is 0 Å². The number of rotatable bonds is 6. The van der Waals surface area contributed by atoms with Crippen molar-refractivity contribution in [2.75, 3.05) is 18.7 Å².